The molecule has 0 aliphatic rings. The fourth-order valence-electron chi connectivity index (χ4n) is 1.05. The third kappa shape index (κ3) is 3.60. The molecule has 0 radical (unpaired) electrons. The van der Waals surface area contributed by atoms with Gasteiger partial charge in [-0.2, -0.15) is 0 Å². The first-order chi connectivity index (χ1) is 7.15. The third-order valence-electron chi connectivity index (χ3n) is 1.91. The summed E-state index contributed by atoms with van der Waals surface area (Å²) in [6.45, 7) is 5.54. The molecule has 1 aromatic heterocycles. The summed E-state index contributed by atoms with van der Waals surface area (Å²) in [5.41, 5.74) is 0.528. The summed E-state index contributed by atoms with van der Waals surface area (Å²) in [4.78, 5) is 15.8. The van der Waals surface area contributed by atoms with E-state index in [1.54, 1.807) is 0 Å². The summed E-state index contributed by atoms with van der Waals surface area (Å²) in [6.07, 6.45) is 0. The molecule has 4 nitrogen and oxygen atoms in total. The minimum atomic E-state index is -0.0894. The molecular formula is C10H17N3OS. The molecule has 15 heavy (non-hydrogen) atoms. The molecule has 84 valence electrons. The molecule has 0 aromatic carbocycles. The first kappa shape index (κ1) is 12.1. The molecule has 1 heterocycles. The van der Waals surface area contributed by atoms with Gasteiger partial charge in [0.1, 0.15) is 5.69 Å². The molecule has 0 spiro atoms. The number of hydrogen-bond acceptors (Lipinski definition) is 4. The zero-order chi connectivity index (χ0) is 11.3. The third-order valence-corrected chi connectivity index (χ3v) is 3.05. The van der Waals surface area contributed by atoms with Crippen LogP contribution < -0.4 is 10.6 Å². The number of thiazole rings is 1. The van der Waals surface area contributed by atoms with Gasteiger partial charge in [0, 0.05) is 24.4 Å². The van der Waals surface area contributed by atoms with E-state index in [-0.39, 0.29) is 5.91 Å². The summed E-state index contributed by atoms with van der Waals surface area (Å²) in [5.74, 6) is 0.294. The molecule has 0 bridgehead atoms. The van der Waals surface area contributed by atoms with Crippen molar-refractivity contribution in [1.29, 1.82) is 0 Å². The van der Waals surface area contributed by atoms with Crippen molar-refractivity contribution in [3.8, 4) is 0 Å². The van der Waals surface area contributed by atoms with Gasteiger partial charge in [0.15, 0.2) is 0 Å². The highest BCUT2D eigenvalue weighted by atomic mass is 32.1. The normalized spacial score (nSPS) is 10.7. The minimum absolute atomic E-state index is 0.0894. The Labute approximate surface area is 94.1 Å². The van der Waals surface area contributed by atoms with Gasteiger partial charge in [-0.3, -0.25) is 4.79 Å². The average molecular weight is 227 g/mol. The number of carbonyl (C=O) groups is 1. The van der Waals surface area contributed by atoms with Crippen molar-refractivity contribution >= 4 is 17.2 Å². The molecule has 0 atom stereocenters. The number of rotatable bonds is 5. The van der Waals surface area contributed by atoms with Gasteiger partial charge in [0.05, 0.1) is 5.01 Å². The van der Waals surface area contributed by atoms with Gasteiger partial charge < -0.3 is 10.6 Å². The van der Waals surface area contributed by atoms with Gasteiger partial charge in [0.2, 0.25) is 0 Å². The first-order valence-corrected chi connectivity index (χ1v) is 5.91. The lowest BCUT2D eigenvalue weighted by Gasteiger charge is -2.01. The van der Waals surface area contributed by atoms with E-state index in [1.165, 1.54) is 11.3 Å². The van der Waals surface area contributed by atoms with Crippen molar-refractivity contribution in [1.82, 2.24) is 15.6 Å². The van der Waals surface area contributed by atoms with Gasteiger partial charge >= 0.3 is 0 Å². The van der Waals surface area contributed by atoms with Crippen LogP contribution in [0.5, 0.6) is 0 Å². The predicted octanol–water partition coefficient (Wildman–Crippen LogP) is 1.22. The lowest BCUT2D eigenvalue weighted by atomic mass is 10.2. The Kier molecular flexibility index (Phi) is 4.71. The van der Waals surface area contributed by atoms with Gasteiger partial charge in [0.25, 0.3) is 5.91 Å². The topological polar surface area (TPSA) is 54.0 Å². The molecule has 0 saturated carbocycles. The van der Waals surface area contributed by atoms with Crippen molar-refractivity contribution < 1.29 is 4.79 Å². The zero-order valence-corrected chi connectivity index (χ0v) is 10.1. The van der Waals surface area contributed by atoms with Gasteiger partial charge in [-0.25, -0.2) is 4.98 Å². The van der Waals surface area contributed by atoms with Crippen LogP contribution in [0.25, 0.3) is 0 Å². The lowest BCUT2D eigenvalue weighted by Crippen LogP contribution is -2.30. The molecular weight excluding hydrogens is 210 g/mol. The standard InChI is InChI=1S/C10H17N3OS/c1-7(2)10-13-8(6-15-10)9(14)12-5-4-11-3/h6-7,11H,4-5H2,1-3H3,(H,12,14). The fourth-order valence-corrected chi connectivity index (χ4v) is 1.86. The maximum atomic E-state index is 11.6. The van der Waals surface area contributed by atoms with Crippen molar-refractivity contribution in [2.75, 3.05) is 20.1 Å². The highest BCUT2D eigenvalue weighted by Gasteiger charge is 2.11. The van der Waals surface area contributed by atoms with Crippen LogP contribution in [0.15, 0.2) is 5.38 Å². The first-order valence-electron chi connectivity index (χ1n) is 5.03. The molecule has 0 aliphatic heterocycles. The quantitative estimate of drug-likeness (QED) is 0.744. The van der Waals surface area contributed by atoms with Crippen LogP contribution in [-0.4, -0.2) is 31.0 Å². The number of carbonyl (C=O) groups excluding carboxylic acids is 1. The molecule has 0 aliphatic carbocycles. The van der Waals surface area contributed by atoms with E-state index < -0.39 is 0 Å². The summed E-state index contributed by atoms with van der Waals surface area (Å²) in [6, 6.07) is 0. The zero-order valence-electron chi connectivity index (χ0n) is 9.33. The van der Waals surface area contributed by atoms with Crippen LogP contribution in [0.3, 0.4) is 0 Å². The number of nitrogens with one attached hydrogen (secondary N) is 2. The largest absolute Gasteiger partial charge is 0.349 e. The Balaban J connectivity index is 2.51. The Bertz CT molecular complexity index is 322. The average Bonchev–Trinajstić information content (AvgIpc) is 2.66. The second-order valence-corrected chi connectivity index (χ2v) is 4.47. The molecule has 1 aromatic rings. The van der Waals surface area contributed by atoms with Crippen LogP contribution in [0, 0.1) is 0 Å². The molecule has 1 rings (SSSR count). The number of aromatic nitrogens is 1. The van der Waals surface area contributed by atoms with Crippen LogP contribution in [0.2, 0.25) is 0 Å². The smallest absolute Gasteiger partial charge is 0.270 e. The monoisotopic (exact) mass is 227 g/mol. The highest BCUT2D eigenvalue weighted by Crippen LogP contribution is 2.18. The molecule has 2 N–H and O–H groups in total. The highest BCUT2D eigenvalue weighted by molar-refractivity contribution is 7.09. The van der Waals surface area contributed by atoms with E-state index in [0.717, 1.165) is 11.6 Å². The van der Waals surface area contributed by atoms with Gasteiger partial charge in [-0.1, -0.05) is 13.8 Å². The fraction of sp³-hybridized carbons (Fsp3) is 0.600. The predicted molar refractivity (Wildman–Crippen MR) is 62.5 cm³/mol. The molecule has 5 heteroatoms. The van der Waals surface area contributed by atoms with Crippen LogP contribution in [0.1, 0.15) is 35.3 Å². The summed E-state index contributed by atoms with van der Waals surface area (Å²) < 4.78 is 0. The Morgan fingerprint density at radius 1 is 1.53 bits per heavy atom. The van der Waals surface area contributed by atoms with Crippen molar-refractivity contribution in [3.05, 3.63) is 16.1 Å². The lowest BCUT2D eigenvalue weighted by molar-refractivity contribution is 0.0949. The molecule has 0 unspecified atom stereocenters. The molecule has 0 saturated heterocycles. The maximum Gasteiger partial charge on any atom is 0.270 e. The van der Waals surface area contributed by atoms with E-state index in [4.69, 9.17) is 0 Å². The summed E-state index contributed by atoms with van der Waals surface area (Å²) in [7, 11) is 1.85. The van der Waals surface area contributed by atoms with Crippen molar-refractivity contribution in [2.45, 2.75) is 19.8 Å². The maximum absolute atomic E-state index is 11.6. The number of likely N-dealkylation sites (N-methyl/N-ethyl adjacent to an activating group) is 1. The van der Waals surface area contributed by atoms with E-state index in [0.29, 0.717) is 18.2 Å². The van der Waals surface area contributed by atoms with Crippen LogP contribution in [0.4, 0.5) is 0 Å². The van der Waals surface area contributed by atoms with Crippen LogP contribution >= 0.6 is 11.3 Å². The van der Waals surface area contributed by atoms with Gasteiger partial charge in [-0.05, 0) is 7.05 Å². The number of amides is 1. The number of hydrogen-bond donors (Lipinski definition) is 2. The Morgan fingerprint density at radius 2 is 2.27 bits per heavy atom. The second-order valence-electron chi connectivity index (χ2n) is 3.59. The van der Waals surface area contributed by atoms with E-state index in [2.05, 4.69) is 29.5 Å². The second kappa shape index (κ2) is 5.82. The van der Waals surface area contributed by atoms with Crippen LogP contribution in [-0.2, 0) is 0 Å². The minimum Gasteiger partial charge on any atom is -0.349 e. The van der Waals surface area contributed by atoms with E-state index in [1.807, 2.05) is 12.4 Å². The molecule has 0 fully saturated rings. The Morgan fingerprint density at radius 3 is 2.80 bits per heavy atom. The number of nitrogens with zero attached hydrogens (tertiary/aromatic N) is 1. The van der Waals surface area contributed by atoms with E-state index in [9.17, 15) is 4.79 Å². The van der Waals surface area contributed by atoms with E-state index >= 15 is 0 Å². The van der Waals surface area contributed by atoms with Crippen molar-refractivity contribution in [2.24, 2.45) is 0 Å². The van der Waals surface area contributed by atoms with Gasteiger partial charge in [-0.15, -0.1) is 11.3 Å². The van der Waals surface area contributed by atoms with Crippen molar-refractivity contribution in [3.63, 3.8) is 0 Å². The summed E-state index contributed by atoms with van der Waals surface area (Å²) in [5, 5.41) is 8.58. The molecule has 1 amide bonds. The summed E-state index contributed by atoms with van der Waals surface area (Å²) >= 11 is 1.54. The SMILES string of the molecule is CNCCNC(=O)c1csc(C(C)C)n1. The Hall–Kier alpha value is -0.940.